The van der Waals surface area contributed by atoms with Gasteiger partial charge < -0.3 is 26.4 Å². The molecule has 0 spiro atoms. The Labute approximate surface area is 310 Å². The van der Waals surface area contributed by atoms with E-state index in [2.05, 4.69) is 35.1 Å². The van der Waals surface area contributed by atoms with Gasteiger partial charge in [-0.2, -0.15) is 16.9 Å². The lowest BCUT2D eigenvalue weighted by molar-refractivity contribution is -0.133. The standard InChI is InChI=1S/C36H70N6O5S.C2H6/c1-14-17-37-36(47)32(25(9)10)40-33(44)26(11)20-31(43)30(19-22(3)4)39-35(46)29(16-18-48-13)38-34(45)28(24(7)8)21-42(15-2)41-27(12)23(5)6;1-2/h22-26,28-32,43H,14-21H2,1-13H3,(H,37,47)(H,38,45)(H,39,46)(H,40,44);1-2H3/b41-27-;/t26-,28?,29+,30+,31+,32+;/m1./s1. The van der Waals surface area contributed by atoms with Crippen LogP contribution in [-0.4, -0.2) is 95.3 Å². The summed E-state index contributed by atoms with van der Waals surface area (Å²) in [6.07, 6.45) is 2.77. The molecule has 0 radical (unpaired) electrons. The Kier molecular flexibility index (Phi) is 27.2. The highest BCUT2D eigenvalue weighted by Crippen LogP contribution is 2.19. The maximum Gasteiger partial charge on any atom is 0.242 e. The summed E-state index contributed by atoms with van der Waals surface area (Å²) in [6.45, 7) is 29.3. The fourth-order valence-electron chi connectivity index (χ4n) is 5.11. The Morgan fingerprint density at radius 3 is 1.86 bits per heavy atom. The number of carbonyl (C=O) groups is 4. The van der Waals surface area contributed by atoms with E-state index < -0.39 is 30.1 Å². The molecule has 0 rings (SSSR count). The van der Waals surface area contributed by atoms with Gasteiger partial charge in [-0.15, -0.1) is 0 Å². The topological polar surface area (TPSA) is 152 Å². The molecule has 4 amide bonds. The van der Waals surface area contributed by atoms with Gasteiger partial charge in [0, 0.05) is 31.3 Å². The zero-order chi connectivity index (χ0) is 39.1. The lowest BCUT2D eigenvalue weighted by Crippen LogP contribution is -2.55. The van der Waals surface area contributed by atoms with Crippen molar-refractivity contribution in [3.8, 4) is 0 Å². The highest BCUT2D eigenvalue weighted by molar-refractivity contribution is 7.98. The van der Waals surface area contributed by atoms with Gasteiger partial charge in [0.1, 0.15) is 12.1 Å². The van der Waals surface area contributed by atoms with Crippen LogP contribution in [0.25, 0.3) is 0 Å². The Hall–Kier alpha value is -2.34. The molecular weight excluding hydrogens is 653 g/mol. The summed E-state index contributed by atoms with van der Waals surface area (Å²) in [6, 6.07) is -2.08. The minimum Gasteiger partial charge on any atom is -0.391 e. The summed E-state index contributed by atoms with van der Waals surface area (Å²) >= 11 is 1.59. The van der Waals surface area contributed by atoms with Crippen LogP contribution < -0.4 is 21.3 Å². The minimum absolute atomic E-state index is 0.0222. The normalized spacial score (nSPS) is 15.4. The third-order valence-corrected chi connectivity index (χ3v) is 9.29. The van der Waals surface area contributed by atoms with Gasteiger partial charge in [-0.05, 0) is 75.2 Å². The van der Waals surface area contributed by atoms with E-state index in [1.807, 2.05) is 87.4 Å². The van der Waals surface area contributed by atoms with Crippen LogP contribution in [0.4, 0.5) is 0 Å². The fourth-order valence-corrected chi connectivity index (χ4v) is 5.58. The molecule has 0 heterocycles. The number of rotatable bonds is 24. The first-order valence-corrected chi connectivity index (χ1v) is 20.4. The molecule has 0 aromatic carbocycles. The number of nitrogens with zero attached hydrogens (tertiary/aromatic N) is 2. The first kappa shape index (κ1) is 49.8. The Balaban J connectivity index is 0. The van der Waals surface area contributed by atoms with Crippen molar-refractivity contribution in [1.29, 1.82) is 0 Å². The quantitative estimate of drug-likeness (QED) is 0.0654. The molecular formula is C38H76N6O5S. The number of amides is 4. The van der Waals surface area contributed by atoms with E-state index in [1.165, 1.54) is 0 Å². The third-order valence-electron chi connectivity index (χ3n) is 8.65. The first-order chi connectivity index (χ1) is 23.4. The number of nitrogens with one attached hydrogen (secondary N) is 4. The SMILES string of the molecule is CC.CCCNC(=O)[C@@H](NC(=O)[C@H](C)C[C@H](O)[C@H](CC(C)C)NC(=O)[C@H](CCSC)NC(=O)C(CN(CC)/N=C(/C)C(C)C)C(C)C)C(C)C. The summed E-state index contributed by atoms with van der Waals surface area (Å²) in [4.78, 5) is 53.3. The van der Waals surface area contributed by atoms with E-state index in [0.717, 1.165) is 12.1 Å². The van der Waals surface area contributed by atoms with Crippen molar-refractivity contribution in [2.24, 2.45) is 40.6 Å². The molecule has 1 unspecified atom stereocenters. The van der Waals surface area contributed by atoms with E-state index >= 15 is 0 Å². The second-order valence-corrected chi connectivity index (χ2v) is 15.6. The highest BCUT2D eigenvalue weighted by atomic mass is 32.2. The molecule has 0 aliphatic carbocycles. The van der Waals surface area contributed by atoms with Gasteiger partial charge in [0.15, 0.2) is 0 Å². The van der Waals surface area contributed by atoms with Gasteiger partial charge in [0.05, 0.1) is 18.1 Å². The average molecular weight is 729 g/mol. The van der Waals surface area contributed by atoms with E-state index in [1.54, 1.807) is 18.7 Å². The molecule has 0 fully saturated rings. The number of carbonyl (C=O) groups excluding carboxylic acids is 4. The van der Waals surface area contributed by atoms with Crippen molar-refractivity contribution < 1.29 is 24.3 Å². The van der Waals surface area contributed by atoms with E-state index in [0.29, 0.717) is 44.1 Å². The molecule has 0 saturated heterocycles. The van der Waals surface area contributed by atoms with Crippen molar-refractivity contribution in [3.05, 3.63) is 0 Å². The van der Waals surface area contributed by atoms with Crippen LogP contribution in [0.5, 0.6) is 0 Å². The van der Waals surface area contributed by atoms with Crippen LogP contribution in [0.15, 0.2) is 5.10 Å². The zero-order valence-electron chi connectivity index (χ0n) is 34.3. The lowest BCUT2D eigenvalue weighted by Gasteiger charge is -2.31. The van der Waals surface area contributed by atoms with Gasteiger partial charge in [-0.25, -0.2) is 0 Å². The summed E-state index contributed by atoms with van der Waals surface area (Å²) < 4.78 is 0. The van der Waals surface area contributed by atoms with Crippen LogP contribution in [-0.2, 0) is 19.2 Å². The van der Waals surface area contributed by atoms with Crippen molar-refractivity contribution >= 4 is 41.1 Å². The Bertz CT molecular complexity index is 1010. The van der Waals surface area contributed by atoms with Gasteiger partial charge in [-0.1, -0.05) is 83.1 Å². The predicted octanol–water partition coefficient (Wildman–Crippen LogP) is 5.46. The third kappa shape index (κ3) is 19.9. The first-order valence-electron chi connectivity index (χ1n) is 19.1. The molecule has 12 heteroatoms. The maximum absolute atomic E-state index is 13.8. The smallest absolute Gasteiger partial charge is 0.242 e. The number of hydrogen-bond acceptors (Lipinski definition) is 8. The van der Waals surface area contributed by atoms with Crippen molar-refractivity contribution in [1.82, 2.24) is 26.3 Å². The van der Waals surface area contributed by atoms with Gasteiger partial charge >= 0.3 is 0 Å². The lowest BCUT2D eigenvalue weighted by atomic mass is 9.91. The molecule has 0 saturated carbocycles. The predicted molar refractivity (Wildman–Crippen MR) is 211 cm³/mol. The molecule has 6 atom stereocenters. The largest absolute Gasteiger partial charge is 0.391 e. The van der Waals surface area contributed by atoms with Crippen LogP contribution >= 0.6 is 11.8 Å². The fraction of sp³-hybridized carbons (Fsp3) is 0.868. The molecule has 0 aliphatic heterocycles. The van der Waals surface area contributed by atoms with E-state index in [-0.39, 0.29) is 53.7 Å². The molecule has 0 aromatic heterocycles. The van der Waals surface area contributed by atoms with Gasteiger partial charge in [0.2, 0.25) is 23.6 Å². The van der Waals surface area contributed by atoms with Crippen molar-refractivity contribution in [3.63, 3.8) is 0 Å². The van der Waals surface area contributed by atoms with Crippen molar-refractivity contribution in [2.75, 3.05) is 31.6 Å². The summed E-state index contributed by atoms with van der Waals surface area (Å²) in [7, 11) is 0. The monoisotopic (exact) mass is 729 g/mol. The summed E-state index contributed by atoms with van der Waals surface area (Å²) in [5, 5.41) is 29.8. The summed E-state index contributed by atoms with van der Waals surface area (Å²) in [5.74, 6) is -1.05. The van der Waals surface area contributed by atoms with Crippen LogP contribution in [0.3, 0.4) is 0 Å². The molecule has 50 heavy (non-hydrogen) atoms. The Morgan fingerprint density at radius 1 is 0.800 bits per heavy atom. The molecule has 5 N–H and O–H groups in total. The zero-order valence-corrected chi connectivity index (χ0v) is 35.1. The van der Waals surface area contributed by atoms with Crippen LogP contribution in [0.1, 0.15) is 123 Å². The molecule has 294 valence electrons. The second kappa shape index (κ2) is 27.3. The number of hydrazone groups is 1. The van der Waals surface area contributed by atoms with Gasteiger partial charge in [0.25, 0.3) is 0 Å². The summed E-state index contributed by atoms with van der Waals surface area (Å²) in [5.41, 5.74) is 0.996. The van der Waals surface area contributed by atoms with Crippen molar-refractivity contribution in [2.45, 2.75) is 147 Å². The second-order valence-electron chi connectivity index (χ2n) is 14.6. The molecule has 0 bridgehead atoms. The number of aliphatic hydroxyl groups excluding tert-OH is 1. The maximum atomic E-state index is 13.8. The minimum atomic E-state index is -1.01. The number of aliphatic hydroxyl groups is 1. The van der Waals surface area contributed by atoms with E-state index in [4.69, 9.17) is 5.10 Å². The van der Waals surface area contributed by atoms with Crippen LogP contribution in [0.2, 0.25) is 0 Å². The van der Waals surface area contributed by atoms with Gasteiger partial charge in [-0.3, -0.25) is 24.2 Å². The average Bonchev–Trinajstić information content (AvgIpc) is 3.05. The molecule has 0 aliphatic rings. The molecule has 0 aromatic rings. The molecule has 11 nitrogen and oxygen atoms in total. The number of thioether (sulfide) groups is 1. The Morgan fingerprint density at radius 2 is 1.40 bits per heavy atom. The number of hydrogen-bond donors (Lipinski definition) is 5. The van der Waals surface area contributed by atoms with Crippen LogP contribution in [0, 0.1) is 35.5 Å². The van der Waals surface area contributed by atoms with E-state index in [9.17, 15) is 24.3 Å². The highest BCUT2D eigenvalue weighted by Gasteiger charge is 2.33.